The number of ether oxygens (including phenoxy) is 2. The Kier molecular flexibility index (Phi) is 5.59. The number of carbonyl (C=O) groups excluding carboxylic acids is 1. The molecular formula is C17H19Cl2NO3. The van der Waals surface area contributed by atoms with Crippen molar-refractivity contribution in [3.8, 4) is 0 Å². The molecule has 1 aromatic carbocycles. The Labute approximate surface area is 145 Å². The molecular weight excluding hydrogens is 337 g/mol. The van der Waals surface area contributed by atoms with Crippen molar-refractivity contribution in [2.75, 3.05) is 19.8 Å². The van der Waals surface area contributed by atoms with Crippen LogP contribution in [0.5, 0.6) is 0 Å². The third-order valence-electron chi connectivity index (χ3n) is 4.19. The summed E-state index contributed by atoms with van der Waals surface area (Å²) in [5.74, 6) is -0.0650. The first-order valence-electron chi connectivity index (χ1n) is 7.83. The molecule has 2 saturated heterocycles. The number of halogens is 2. The van der Waals surface area contributed by atoms with Gasteiger partial charge in [0.1, 0.15) is 0 Å². The highest BCUT2D eigenvalue weighted by Gasteiger charge is 2.35. The van der Waals surface area contributed by atoms with Gasteiger partial charge < -0.3 is 14.4 Å². The number of nitrogens with zero attached hydrogens (tertiary/aromatic N) is 1. The van der Waals surface area contributed by atoms with Crippen molar-refractivity contribution >= 4 is 35.2 Å². The molecule has 0 bridgehead atoms. The Bertz CT molecular complexity index is 579. The number of hydrogen-bond donors (Lipinski definition) is 0. The van der Waals surface area contributed by atoms with Crippen LogP contribution in [0.4, 0.5) is 0 Å². The molecule has 0 spiro atoms. The van der Waals surface area contributed by atoms with Gasteiger partial charge in [-0.2, -0.15) is 0 Å². The van der Waals surface area contributed by atoms with Gasteiger partial charge >= 0.3 is 0 Å². The lowest BCUT2D eigenvalue weighted by atomic mass is 10.0. The average molecular weight is 356 g/mol. The minimum Gasteiger partial charge on any atom is -0.348 e. The molecule has 2 aliphatic rings. The van der Waals surface area contributed by atoms with E-state index in [1.54, 1.807) is 24.3 Å². The van der Waals surface area contributed by atoms with Gasteiger partial charge in [0, 0.05) is 28.2 Å². The normalized spacial score (nSPS) is 22.9. The predicted octanol–water partition coefficient (Wildman–Crippen LogP) is 3.76. The molecule has 0 aromatic heterocycles. The van der Waals surface area contributed by atoms with E-state index < -0.39 is 0 Å². The lowest BCUT2D eigenvalue weighted by Gasteiger charge is -2.37. The lowest BCUT2D eigenvalue weighted by molar-refractivity contribution is -0.145. The fraction of sp³-hybridized carbons (Fsp3) is 0.471. The van der Waals surface area contributed by atoms with Crippen LogP contribution in [-0.2, 0) is 14.3 Å². The first-order chi connectivity index (χ1) is 11.2. The Morgan fingerprint density at radius 3 is 2.57 bits per heavy atom. The molecule has 6 heteroatoms. The van der Waals surface area contributed by atoms with Gasteiger partial charge in [-0.3, -0.25) is 4.79 Å². The van der Waals surface area contributed by atoms with Crippen molar-refractivity contribution in [1.82, 2.24) is 4.90 Å². The molecule has 0 aliphatic carbocycles. The molecule has 23 heavy (non-hydrogen) atoms. The second-order valence-corrected chi connectivity index (χ2v) is 6.49. The third kappa shape index (κ3) is 3.89. The minimum atomic E-state index is -0.309. The Balaban J connectivity index is 1.74. The zero-order valence-corrected chi connectivity index (χ0v) is 14.2. The van der Waals surface area contributed by atoms with Crippen molar-refractivity contribution in [1.29, 1.82) is 0 Å². The zero-order chi connectivity index (χ0) is 16.2. The molecule has 1 unspecified atom stereocenters. The van der Waals surface area contributed by atoms with Gasteiger partial charge in [-0.05, 0) is 37.5 Å². The molecule has 1 amide bonds. The van der Waals surface area contributed by atoms with Gasteiger partial charge in [0.05, 0.1) is 19.3 Å². The van der Waals surface area contributed by atoms with Crippen molar-refractivity contribution in [2.45, 2.75) is 31.6 Å². The van der Waals surface area contributed by atoms with E-state index >= 15 is 0 Å². The quantitative estimate of drug-likeness (QED) is 0.774. The van der Waals surface area contributed by atoms with E-state index in [1.807, 2.05) is 4.90 Å². The highest BCUT2D eigenvalue weighted by Crippen LogP contribution is 2.27. The highest BCUT2D eigenvalue weighted by atomic mass is 35.5. The third-order valence-corrected chi connectivity index (χ3v) is 4.85. The number of amides is 1. The number of rotatable bonds is 3. The van der Waals surface area contributed by atoms with Gasteiger partial charge in [0.25, 0.3) is 0 Å². The maximum atomic E-state index is 12.6. The molecule has 1 aromatic rings. The second-order valence-electron chi connectivity index (χ2n) is 5.67. The summed E-state index contributed by atoms with van der Waals surface area (Å²) in [6, 6.07) is 5.26. The van der Waals surface area contributed by atoms with Crippen molar-refractivity contribution < 1.29 is 14.3 Å². The van der Waals surface area contributed by atoms with Crippen molar-refractivity contribution in [2.24, 2.45) is 0 Å². The number of carbonyl (C=O) groups is 1. The van der Waals surface area contributed by atoms with Gasteiger partial charge in [-0.15, -0.1) is 0 Å². The molecule has 3 rings (SSSR count). The van der Waals surface area contributed by atoms with Crippen LogP contribution in [0.2, 0.25) is 10.0 Å². The topological polar surface area (TPSA) is 38.8 Å². The number of piperidine rings is 1. The van der Waals surface area contributed by atoms with Crippen LogP contribution in [0, 0.1) is 0 Å². The summed E-state index contributed by atoms with van der Waals surface area (Å²) in [6.45, 7) is 1.90. The van der Waals surface area contributed by atoms with Crippen LogP contribution >= 0.6 is 23.2 Å². The van der Waals surface area contributed by atoms with Crippen molar-refractivity contribution in [3.63, 3.8) is 0 Å². The molecule has 2 heterocycles. The molecule has 1 atom stereocenters. The van der Waals surface area contributed by atoms with E-state index in [9.17, 15) is 4.79 Å². The van der Waals surface area contributed by atoms with Gasteiger partial charge in [-0.25, -0.2) is 0 Å². The monoisotopic (exact) mass is 355 g/mol. The van der Waals surface area contributed by atoms with Crippen LogP contribution in [0.3, 0.4) is 0 Å². The highest BCUT2D eigenvalue weighted by molar-refractivity contribution is 6.37. The first-order valence-corrected chi connectivity index (χ1v) is 8.58. The summed E-state index contributed by atoms with van der Waals surface area (Å²) in [7, 11) is 0. The van der Waals surface area contributed by atoms with Crippen molar-refractivity contribution in [3.05, 3.63) is 39.9 Å². The van der Waals surface area contributed by atoms with Gasteiger partial charge in [0.2, 0.25) is 5.91 Å². The molecule has 0 saturated carbocycles. The molecule has 124 valence electrons. The SMILES string of the molecule is O=C(/C=C/c1c(Cl)cccc1Cl)N1CCCCC1C1OCCO1. The average Bonchev–Trinajstić information content (AvgIpc) is 3.08. The van der Waals surface area contributed by atoms with E-state index in [4.69, 9.17) is 32.7 Å². The summed E-state index contributed by atoms with van der Waals surface area (Å²) in [5.41, 5.74) is 0.658. The van der Waals surface area contributed by atoms with Crippen LogP contribution < -0.4 is 0 Å². The minimum absolute atomic E-state index is 0.0230. The summed E-state index contributed by atoms with van der Waals surface area (Å²) in [6.07, 6.45) is 5.87. The van der Waals surface area contributed by atoms with Gasteiger partial charge in [0.15, 0.2) is 6.29 Å². The van der Waals surface area contributed by atoms with Crippen LogP contribution in [-0.4, -0.2) is 42.9 Å². The smallest absolute Gasteiger partial charge is 0.247 e. The maximum Gasteiger partial charge on any atom is 0.247 e. The Morgan fingerprint density at radius 1 is 1.17 bits per heavy atom. The molecule has 0 N–H and O–H groups in total. The second kappa shape index (κ2) is 7.67. The Hall–Kier alpha value is -1.07. The maximum absolute atomic E-state index is 12.6. The van der Waals surface area contributed by atoms with E-state index in [1.165, 1.54) is 6.08 Å². The number of hydrogen-bond acceptors (Lipinski definition) is 3. The summed E-state index contributed by atoms with van der Waals surface area (Å²) in [4.78, 5) is 14.4. The van der Waals surface area contributed by atoms with E-state index in [0.29, 0.717) is 35.4 Å². The summed E-state index contributed by atoms with van der Waals surface area (Å²) >= 11 is 12.3. The number of likely N-dealkylation sites (tertiary alicyclic amines) is 1. The fourth-order valence-electron chi connectivity index (χ4n) is 3.03. The Morgan fingerprint density at radius 2 is 1.87 bits per heavy atom. The van der Waals surface area contributed by atoms with Gasteiger partial charge in [-0.1, -0.05) is 29.3 Å². The molecule has 2 fully saturated rings. The summed E-state index contributed by atoms with van der Waals surface area (Å²) < 4.78 is 11.2. The van der Waals surface area contributed by atoms with Crippen LogP contribution in [0.15, 0.2) is 24.3 Å². The first kappa shape index (κ1) is 16.8. The van der Waals surface area contributed by atoms with Crippen LogP contribution in [0.25, 0.3) is 6.08 Å². The largest absolute Gasteiger partial charge is 0.348 e. The summed E-state index contributed by atoms with van der Waals surface area (Å²) in [5, 5.41) is 1.05. The fourth-order valence-corrected chi connectivity index (χ4v) is 3.56. The van der Waals surface area contributed by atoms with Crippen LogP contribution in [0.1, 0.15) is 24.8 Å². The van der Waals surface area contributed by atoms with E-state index in [2.05, 4.69) is 0 Å². The zero-order valence-electron chi connectivity index (χ0n) is 12.7. The predicted molar refractivity (Wildman–Crippen MR) is 90.5 cm³/mol. The molecule has 0 radical (unpaired) electrons. The molecule has 4 nitrogen and oxygen atoms in total. The molecule has 2 aliphatic heterocycles. The lowest BCUT2D eigenvalue weighted by Crippen LogP contribution is -2.49. The van der Waals surface area contributed by atoms with E-state index in [-0.39, 0.29) is 18.2 Å². The number of benzene rings is 1. The standard InChI is InChI=1S/C17H19Cl2NO3/c18-13-4-3-5-14(19)12(13)7-8-16(21)20-9-2-1-6-15(20)17-22-10-11-23-17/h3-5,7-8,15,17H,1-2,6,9-11H2/b8-7+. The van der Waals surface area contributed by atoms with E-state index in [0.717, 1.165) is 19.3 Å².